The first kappa shape index (κ1) is 16.9. The van der Waals surface area contributed by atoms with Crippen LogP contribution in [0.15, 0.2) is 83.3 Å². The molecule has 2 heteroatoms. The van der Waals surface area contributed by atoms with E-state index in [2.05, 4.69) is 105 Å². The van der Waals surface area contributed by atoms with Crippen molar-refractivity contribution in [2.45, 2.75) is 26.2 Å². The lowest BCUT2D eigenvalue weighted by Crippen LogP contribution is -2.10. The van der Waals surface area contributed by atoms with Gasteiger partial charge in [0.05, 0.1) is 0 Å². The lowest BCUT2D eigenvalue weighted by atomic mass is 9.87. The minimum absolute atomic E-state index is 0.162. The maximum absolute atomic E-state index is 6.16. The third-order valence-electron chi connectivity index (χ3n) is 5.38. The molecular weight excluding hydrogens is 342 g/mol. The highest BCUT2D eigenvalue weighted by molar-refractivity contribution is 6.10. The number of fused-ring (bicyclic) bond motifs is 4. The van der Waals surface area contributed by atoms with Crippen LogP contribution in [0, 0.1) is 0 Å². The first-order valence-electron chi connectivity index (χ1n) is 9.70. The lowest BCUT2D eigenvalue weighted by Gasteiger charge is -2.19. The van der Waals surface area contributed by atoms with Gasteiger partial charge in [0, 0.05) is 28.2 Å². The average molecular weight is 365 g/mol. The summed E-state index contributed by atoms with van der Waals surface area (Å²) in [5.74, 6) is 0. The Bertz CT molecular complexity index is 1300. The van der Waals surface area contributed by atoms with Crippen molar-refractivity contribution < 1.29 is 4.42 Å². The van der Waals surface area contributed by atoms with E-state index >= 15 is 0 Å². The summed E-state index contributed by atoms with van der Waals surface area (Å²) in [6.07, 6.45) is 0. The highest BCUT2D eigenvalue weighted by Crippen LogP contribution is 2.34. The van der Waals surface area contributed by atoms with E-state index < -0.39 is 0 Å². The SMILES string of the molecule is CC(C)(C)c1ccc(Nc2ccc3c(c2)oc2cc4ccccc4cc23)cc1. The highest BCUT2D eigenvalue weighted by atomic mass is 16.3. The molecule has 1 heterocycles. The fraction of sp³-hybridized carbons (Fsp3) is 0.154. The van der Waals surface area contributed by atoms with Crippen LogP contribution in [0.2, 0.25) is 0 Å². The molecule has 0 spiro atoms. The third-order valence-corrected chi connectivity index (χ3v) is 5.38. The zero-order valence-electron chi connectivity index (χ0n) is 16.4. The molecule has 0 bridgehead atoms. The summed E-state index contributed by atoms with van der Waals surface area (Å²) >= 11 is 0. The van der Waals surface area contributed by atoms with Gasteiger partial charge in [0.1, 0.15) is 11.2 Å². The molecule has 0 aliphatic rings. The second-order valence-corrected chi connectivity index (χ2v) is 8.46. The van der Waals surface area contributed by atoms with Crippen molar-refractivity contribution in [1.29, 1.82) is 0 Å². The van der Waals surface area contributed by atoms with Crippen LogP contribution in [0.4, 0.5) is 11.4 Å². The van der Waals surface area contributed by atoms with Crippen LogP contribution < -0.4 is 5.32 Å². The molecule has 4 aromatic carbocycles. The first-order chi connectivity index (χ1) is 13.5. The number of benzene rings is 4. The van der Waals surface area contributed by atoms with Gasteiger partial charge >= 0.3 is 0 Å². The Morgan fingerprint density at radius 2 is 1.29 bits per heavy atom. The molecule has 0 aliphatic heterocycles. The fourth-order valence-corrected chi connectivity index (χ4v) is 3.76. The van der Waals surface area contributed by atoms with Gasteiger partial charge < -0.3 is 9.73 Å². The summed E-state index contributed by atoms with van der Waals surface area (Å²) in [6.45, 7) is 6.69. The molecule has 1 aromatic heterocycles. The van der Waals surface area contributed by atoms with Crippen LogP contribution in [0.1, 0.15) is 26.3 Å². The van der Waals surface area contributed by atoms with Gasteiger partial charge in [-0.2, -0.15) is 0 Å². The number of nitrogens with one attached hydrogen (secondary N) is 1. The summed E-state index contributed by atoms with van der Waals surface area (Å²) in [5.41, 5.74) is 5.43. The van der Waals surface area contributed by atoms with E-state index in [1.807, 2.05) is 0 Å². The first-order valence-corrected chi connectivity index (χ1v) is 9.70. The molecule has 28 heavy (non-hydrogen) atoms. The van der Waals surface area contributed by atoms with Gasteiger partial charge in [-0.25, -0.2) is 0 Å². The van der Waals surface area contributed by atoms with E-state index in [-0.39, 0.29) is 5.41 Å². The highest BCUT2D eigenvalue weighted by Gasteiger charge is 2.13. The molecule has 0 unspecified atom stereocenters. The molecule has 0 amide bonds. The number of hydrogen-bond acceptors (Lipinski definition) is 2. The monoisotopic (exact) mass is 365 g/mol. The van der Waals surface area contributed by atoms with Crippen molar-refractivity contribution in [3.05, 3.63) is 84.4 Å². The Morgan fingerprint density at radius 3 is 2.00 bits per heavy atom. The van der Waals surface area contributed by atoms with Gasteiger partial charge in [0.15, 0.2) is 0 Å². The predicted molar refractivity (Wildman–Crippen MR) is 120 cm³/mol. The maximum Gasteiger partial charge on any atom is 0.137 e. The molecule has 5 rings (SSSR count). The zero-order chi connectivity index (χ0) is 19.3. The summed E-state index contributed by atoms with van der Waals surface area (Å²) in [6, 6.07) is 27.7. The van der Waals surface area contributed by atoms with Gasteiger partial charge in [-0.05, 0) is 58.1 Å². The van der Waals surface area contributed by atoms with Gasteiger partial charge in [-0.15, -0.1) is 0 Å². The summed E-state index contributed by atoms with van der Waals surface area (Å²) in [5, 5.41) is 8.24. The Balaban J connectivity index is 1.52. The zero-order valence-corrected chi connectivity index (χ0v) is 16.4. The normalized spacial score (nSPS) is 12.1. The molecule has 138 valence electrons. The number of hydrogen-bond donors (Lipinski definition) is 1. The maximum atomic E-state index is 6.16. The van der Waals surface area contributed by atoms with Gasteiger partial charge in [-0.3, -0.25) is 0 Å². The molecule has 0 radical (unpaired) electrons. The summed E-state index contributed by atoms with van der Waals surface area (Å²) in [4.78, 5) is 0. The standard InChI is InChI=1S/C26H23NO/c1-26(2,3)19-8-10-20(11-9-19)27-21-12-13-22-23-14-17-6-4-5-7-18(17)15-24(23)28-25(22)16-21/h4-16,27H,1-3H3. The summed E-state index contributed by atoms with van der Waals surface area (Å²) < 4.78 is 6.16. The van der Waals surface area contributed by atoms with Crippen LogP contribution in [0.25, 0.3) is 32.7 Å². The molecule has 0 saturated heterocycles. The van der Waals surface area contributed by atoms with Crippen LogP contribution in [0.5, 0.6) is 0 Å². The number of rotatable bonds is 2. The van der Waals surface area contributed by atoms with E-state index in [4.69, 9.17) is 4.42 Å². The molecule has 0 fully saturated rings. The Morgan fingerprint density at radius 1 is 0.643 bits per heavy atom. The Hall–Kier alpha value is -3.26. The quantitative estimate of drug-likeness (QED) is 0.345. The van der Waals surface area contributed by atoms with Gasteiger partial charge in [0.25, 0.3) is 0 Å². The van der Waals surface area contributed by atoms with Crippen LogP contribution in [-0.2, 0) is 5.41 Å². The second-order valence-electron chi connectivity index (χ2n) is 8.46. The van der Waals surface area contributed by atoms with Crippen LogP contribution in [0.3, 0.4) is 0 Å². The van der Waals surface area contributed by atoms with Crippen molar-refractivity contribution in [3.8, 4) is 0 Å². The van der Waals surface area contributed by atoms with Crippen molar-refractivity contribution in [2.75, 3.05) is 5.32 Å². The largest absolute Gasteiger partial charge is 0.456 e. The number of furan rings is 1. The van der Waals surface area contributed by atoms with Crippen molar-refractivity contribution >= 4 is 44.1 Å². The molecule has 0 atom stereocenters. The molecule has 0 aliphatic carbocycles. The third kappa shape index (κ3) is 2.91. The summed E-state index contributed by atoms with van der Waals surface area (Å²) in [7, 11) is 0. The van der Waals surface area contributed by atoms with Crippen molar-refractivity contribution in [3.63, 3.8) is 0 Å². The Labute approximate surface area is 164 Å². The van der Waals surface area contributed by atoms with E-state index in [0.717, 1.165) is 33.3 Å². The van der Waals surface area contributed by atoms with E-state index in [0.29, 0.717) is 0 Å². The van der Waals surface area contributed by atoms with E-state index in [1.165, 1.54) is 16.3 Å². The predicted octanol–water partition coefficient (Wildman–Crippen LogP) is 7.78. The second kappa shape index (κ2) is 6.13. The van der Waals surface area contributed by atoms with E-state index in [1.54, 1.807) is 0 Å². The van der Waals surface area contributed by atoms with E-state index in [9.17, 15) is 0 Å². The molecule has 5 aromatic rings. The molecular formula is C26H23NO. The lowest BCUT2D eigenvalue weighted by molar-refractivity contribution is 0.590. The van der Waals surface area contributed by atoms with Gasteiger partial charge in [0.2, 0.25) is 0 Å². The van der Waals surface area contributed by atoms with Gasteiger partial charge in [-0.1, -0.05) is 57.2 Å². The Kier molecular flexibility index (Phi) is 3.70. The average Bonchev–Trinajstić information content (AvgIpc) is 3.02. The molecule has 2 nitrogen and oxygen atoms in total. The van der Waals surface area contributed by atoms with Crippen molar-refractivity contribution in [2.24, 2.45) is 0 Å². The van der Waals surface area contributed by atoms with Crippen molar-refractivity contribution in [1.82, 2.24) is 0 Å². The minimum atomic E-state index is 0.162. The van der Waals surface area contributed by atoms with Crippen LogP contribution in [-0.4, -0.2) is 0 Å². The molecule has 1 N–H and O–H groups in total. The number of anilines is 2. The fourth-order valence-electron chi connectivity index (χ4n) is 3.76. The topological polar surface area (TPSA) is 25.2 Å². The van der Waals surface area contributed by atoms with Crippen LogP contribution >= 0.6 is 0 Å². The minimum Gasteiger partial charge on any atom is -0.456 e. The smallest absolute Gasteiger partial charge is 0.137 e. The molecule has 0 saturated carbocycles.